The molecule has 0 radical (unpaired) electrons. The smallest absolute Gasteiger partial charge is 0.191 e. The normalized spacial score (nSPS) is 12.7. The Morgan fingerprint density at radius 1 is 1.26 bits per heavy atom. The Hall–Kier alpha value is -1.44. The van der Waals surface area contributed by atoms with Gasteiger partial charge >= 0.3 is 0 Å². The fourth-order valence-corrected chi connectivity index (χ4v) is 3.97. The van der Waals surface area contributed by atoms with E-state index in [1.807, 2.05) is 30.1 Å². The fraction of sp³-hybridized carbons (Fsp3) is 0.267. The molecule has 0 spiro atoms. The highest BCUT2D eigenvalue weighted by Gasteiger charge is 2.15. The molecule has 0 aliphatic heterocycles. The average molecular weight is 366 g/mol. The quantitative estimate of drug-likeness (QED) is 0.324. The summed E-state index contributed by atoms with van der Waals surface area (Å²) in [5.41, 5.74) is 7.67. The number of pyridine rings is 1. The van der Waals surface area contributed by atoms with Crippen molar-refractivity contribution in [3.8, 4) is 0 Å². The van der Waals surface area contributed by atoms with Crippen LogP contribution in [-0.2, 0) is 7.05 Å². The van der Waals surface area contributed by atoms with E-state index >= 15 is 0 Å². The summed E-state index contributed by atoms with van der Waals surface area (Å²) in [4.78, 5) is 13.3. The van der Waals surface area contributed by atoms with Crippen LogP contribution in [0.5, 0.6) is 0 Å². The van der Waals surface area contributed by atoms with Crippen LogP contribution in [0.15, 0.2) is 34.6 Å². The van der Waals surface area contributed by atoms with Gasteiger partial charge in [0, 0.05) is 24.7 Å². The van der Waals surface area contributed by atoms with Crippen molar-refractivity contribution in [1.82, 2.24) is 19.5 Å². The van der Waals surface area contributed by atoms with Crippen molar-refractivity contribution in [2.75, 3.05) is 12.0 Å². The van der Waals surface area contributed by atoms with E-state index in [9.17, 15) is 0 Å². The lowest BCUT2D eigenvalue weighted by atomic mass is 10.2. The number of aromatic nitrogens is 4. The number of rotatable bonds is 4. The van der Waals surface area contributed by atoms with Gasteiger partial charge in [0.05, 0.1) is 16.5 Å². The van der Waals surface area contributed by atoms with E-state index in [1.165, 1.54) is 11.8 Å². The lowest BCUT2D eigenvalue weighted by Gasteiger charge is -2.12. The maximum Gasteiger partial charge on any atom is 0.191 e. The summed E-state index contributed by atoms with van der Waals surface area (Å²) in [5.74, 6) is 0.476. The van der Waals surface area contributed by atoms with Gasteiger partial charge in [0.15, 0.2) is 10.3 Å². The average Bonchev–Trinajstić information content (AvgIpc) is 2.88. The van der Waals surface area contributed by atoms with Crippen molar-refractivity contribution in [3.05, 3.63) is 35.2 Å². The van der Waals surface area contributed by atoms with E-state index < -0.39 is 0 Å². The topological polar surface area (TPSA) is 69.6 Å². The summed E-state index contributed by atoms with van der Waals surface area (Å²) in [6, 6.07) is 5.86. The molecule has 3 heterocycles. The lowest BCUT2D eigenvalue weighted by Crippen LogP contribution is -2.00. The van der Waals surface area contributed by atoms with Crippen LogP contribution in [0.2, 0.25) is 5.15 Å². The van der Waals surface area contributed by atoms with Gasteiger partial charge in [-0.2, -0.15) is 0 Å². The zero-order valence-corrected chi connectivity index (χ0v) is 15.3. The standard InChI is InChI=1S/C15H16ClN5S2/c1-8(23-15-19-11(17)7-12(20-15)22-3)10-6-9-4-5-21(2)13(9)14(16)18-10/h4-8H,1-3H3,(H2,17,19,20). The molecule has 3 aromatic rings. The summed E-state index contributed by atoms with van der Waals surface area (Å²) in [6.07, 6.45) is 3.94. The second-order valence-electron chi connectivity index (χ2n) is 5.08. The van der Waals surface area contributed by atoms with Crippen LogP contribution < -0.4 is 5.73 Å². The third-order valence-corrected chi connectivity index (χ3v) is 5.32. The summed E-state index contributed by atoms with van der Waals surface area (Å²) < 4.78 is 1.97. The third kappa shape index (κ3) is 3.41. The highest BCUT2D eigenvalue weighted by molar-refractivity contribution is 7.99. The minimum Gasteiger partial charge on any atom is -0.384 e. The molecular weight excluding hydrogens is 350 g/mol. The van der Waals surface area contributed by atoms with E-state index in [-0.39, 0.29) is 5.25 Å². The monoisotopic (exact) mass is 365 g/mol. The number of aryl methyl sites for hydroxylation is 1. The largest absolute Gasteiger partial charge is 0.384 e. The Morgan fingerprint density at radius 2 is 2.04 bits per heavy atom. The number of nitrogen functional groups attached to an aromatic ring is 1. The first-order valence-electron chi connectivity index (χ1n) is 6.94. The molecule has 3 aromatic heterocycles. The van der Waals surface area contributed by atoms with Crippen LogP contribution in [0.3, 0.4) is 0 Å². The number of anilines is 1. The van der Waals surface area contributed by atoms with E-state index in [0.717, 1.165) is 21.6 Å². The van der Waals surface area contributed by atoms with E-state index in [2.05, 4.69) is 27.9 Å². The van der Waals surface area contributed by atoms with Crippen LogP contribution in [0.4, 0.5) is 5.82 Å². The second-order valence-corrected chi connectivity index (χ2v) is 7.57. The molecule has 0 aliphatic carbocycles. The molecule has 23 heavy (non-hydrogen) atoms. The molecule has 1 unspecified atom stereocenters. The number of fused-ring (bicyclic) bond motifs is 1. The maximum absolute atomic E-state index is 6.33. The molecule has 0 aromatic carbocycles. The van der Waals surface area contributed by atoms with Crippen LogP contribution in [0, 0.1) is 0 Å². The molecule has 5 nitrogen and oxygen atoms in total. The molecule has 0 amide bonds. The summed E-state index contributed by atoms with van der Waals surface area (Å²) in [5, 5.41) is 3.15. The first kappa shape index (κ1) is 16.4. The van der Waals surface area contributed by atoms with Gasteiger partial charge < -0.3 is 10.3 Å². The van der Waals surface area contributed by atoms with E-state index in [1.54, 1.807) is 17.8 Å². The number of hydrogen-bond donors (Lipinski definition) is 1. The SMILES string of the molecule is CSc1cc(N)nc(SC(C)c2cc3ccn(C)c3c(Cl)n2)n1. The van der Waals surface area contributed by atoms with Gasteiger partial charge in [-0.25, -0.2) is 15.0 Å². The van der Waals surface area contributed by atoms with Gasteiger partial charge in [0.25, 0.3) is 0 Å². The number of thioether (sulfide) groups is 2. The van der Waals surface area contributed by atoms with Crippen LogP contribution in [0.25, 0.3) is 10.9 Å². The molecule has 2 N–H and O–H groups in total. The van der Waals surface area contributed by atoms with Crippen LogP contribution >= 0.6 is 35.1 Å². The van der Waals surface area contributed by atoms with Gasteiger partial charge in [0.1, 0.15) is 10.8 Å². The summed E-state index contributed by atoms with van der Waals surface area (Å²) in [7, 11) is 1.96. The van der Waals surface area contributed by atoms with Gasteiger partial charge in [-0.3, -0.25) is 0 Å². The van der Waals surface area contributed by atoms with Crippen LogP contribution in [-0.4, -0.2) is 25.8 Å². The Morgan fingerprint density at radius 3 is 2.78 bits per heavy atom. The predicted molar refractivity (Wildman–Crippen MR) is 98.2 cm³/mol. The highest BCUT2D eigenvalue weighted by atomic mass is 35.5. The molecule has 1 atom stereocenters. The lowest BCUT2D eigenvalue weighted by molar-refractivity contribution is 0.888. The number of nitrogens with two attached hydrogens (primary N) is 1. The number of nitrogens with zero attached hydrogens (tertiary/aromatic N) is 4. The molecule has 120 valence electrons. The van der Waals surface area contributed by atoms with Crippen molar-refractivity contribution < 1.29 is 0 Å². The molecule has 0 aliphatic rings. The Balaban J connectivity index is 1.91. The first-order valence-corrected chi connectivity index (χ1v) is 9.43. The fourth-order valence-electron chi connectivity index (χ4n) is 2.29. The molecule has 0 bridgehead atoms. The Labute approximate surface area is 148 Å². The van der Waals surface area contributed by atoms with Gasteiger partial charge in [-0.15, -0.1) is 11.8 Å². The number of halogens is 1. The molecule has 0 saturated heterocycles. The van der Waals surface area contributed by atoms with Gasteiger partial charge in [-0.05, 0) is 25.3 Å². The minimum atomic E-state index is 0.0635. The van der Waals surface area contributed by atoms with Crippen LogP contribution in [0.1, 0.15) is 17.9 Å². The first-order chi connectivity index (χ1) is 11.0. The molecular formula is C15H16ClN5S2. The van der Waals surface area contributed by atoms with Crippen molar-refractivity contribution >= 4 is 51.8 Å². The zero-order valence-electron chi connectivity index (χ0n) is 12.9. The number of hydrogen-bond acceptors (Lipinski definition) is 6. The van der Waals surface area contributed by atoms with Crippen molar-refractivity contribution in [2.45, 2.75) is 22.4 Å². The summed E-state index contributed by atoms with van der Waals surface area (Å²) >= 11 is 9.40. The maximum atomic E-state index is 6.33. The summed E-state index contributed by atoms with van der Waals surface area (Å²) in [6.45, 7) is 2.06. The molecule has 8 heteroatoms. The zero-order chi connectivity index (χ0) is 16.6. The van der Waals surface area contributed by atoms with Crippen molar-refractivity contribution in [1.29, 1.82) is 0 Å². The second kappa shape index (κ2) is 6.59. The molecule has 0 fully saturated rings. The van der Waals surface area contributed by atoms with Crippen molar-refractivity contribution in [3.63, 3.8) is 0 Å². The Bertz CT molecular complexity index is 864. The van der Waals surface area contributed by atoms with Gasteiger partial charge in [-0.1, -0.05) is 23.4 Å². The van der Waals surface area contributed by atoms with E-state index in [0.29, 0.717) is 16.1 Å². The Kier molecular flexibility index (Phi) is 4.70. The molecule has 3 rings (SSSR count). The minimum absolute atomic E-state index is 0.0635. The highest BCUT2D eigenvalue weighted by Crippen LogP contribution is 2.35. The third-order valence-electron chi connectivity index (χ3n) is 3.44. The van der Waals surface area contributed by atoms with E-state index in [4.69, 9.17) is 17.3 Å². The molecule has 0 saturated carbocycles. The van der Waals surface area contributed by atoms with Crippen molar-refractivity contribution in [2.24, 2.45) is 7.05 Å². The van der Waals surface area contributed by atoms with Gasteiger partial charge in [0.2, 0.25) is 0 Å². The predicted octanol–water partition coefficient (Wildman–Crippen LogP) is 4.17.